The lowest BCUT2D eigenvalue weighted by Crippen LogP contribution is -2.15. The van der Waals surface area contributed by atoms with Crippen molar-refractivity contribution in [1.82, 2.24) is 9.78 Å². The van der Waals surface area contributed by atoms with Crippen molar-refractivity contribution in [1.29, 1.82) is 0 Å². The van der Waals surface area contributed by atoms with E-state index in [2.05, 4.69) is 5.10 Å². The van der Waals surface area contributed by atoms with Gasteiger partial charge >= 0.3 is 5.97 Å². The van der Waals surface area contributed by atoms with Gasteiger partial charge in [-0.05, 0) is 47.9 Å². The second kappa shape index (κ2) is 10.4. The third kappa shape index (κ3) is 4.77. The lowest BCUT2D eigenvalue weighted by atomic mass is 10.0. The minimum absolute atomic E-state index is 0.130. The Morgan fingerprint density at radius 2 is 1.70 bits per heavy atom. The number of rotatable bonds is 6. The Kier molecular flexibility index (Phi) is 6.86. The number of carbonyl (C=O) groups excluding carboxylic acids is 2. The fourth-order valence-corrected chi connectivity index (χ4v) is 4.62. The first-order valence-corrected chi connectivity index (χ1v) is 12.1. The number of nitrogens with zero attached hydrogens (tertiary/aromatic N) is 2. The number of benzene rings is 4. The number of hydrogen-bond acceptors (Lipinski definition) is 5. The fraction of sp³-hybridized carbons (Fsp3) is 0.100. The van der Waals surface area contributed by atoms with Crippen LogP contribution in [-0.2, 0) is 18.0 Å². The van der Waals surface area contributed by atoms with E-state index in [9.17, 15) is 14.7 Å². The van der Waals surface area contributed by atoms with Crippen LogP contribution in [0.1, 0.15) is 37.4 Å². The number of aromatic nitrogens is 2. The molecule has 0 radical (unpaired) electrons. The van der Waals surface area contributed by atoms with E-state index in [0.717, 1.165) is 16.5 Å². The van der Waals surface area contributed by atoms with Crippen LogP contribution in [0.15, 0.2) is 91.0 Å². The Morgan fingerprint density at radius 1 is 0.946 bits per heavy atom. The molecule has 0 unspecified atom stereocenters. The highest BCUT2D eigenvalue weighted by molar-refractivity contribution is 6.34. The first-order valence-electron chi connectivity index (χ1n) is 11.7. The summed E-state index contributed by atoms with van der Waals surface area (Å²) < 4.78 is 6.80. The SMILES string of the molecule is Cc1cccc(Cl)c1C(=O)n1nc(-c2ccc(C(=O)OCc3ccccc3)c(CO)c2)c2ccccc21. The van der Waals surface area contributed by atoms with Gasteiger partial charge in [0.15, 0.2) is 0 Å². The quantitative estimate of drug-likeness (QED) is 0.275. The molecule has 0 bridgehead atoms. The summed E-state index contributed by atoms with van der Waals surface area (Å²) in [5.41, 5.74) is 4.51. The Labute approximate surface area is 218 Å². The molecule has 184 valence electrons. The molecule has 0 spiro atoms. The van der Waals surface area contributed by atoms with Crippen molar-refractivity contribution < 1.29 is 19.4 Å². The number of fused-ring (bicyclic) bond motifs is 1. The lowest BCUT2D eigenvalue weighted by Gasteiger charge is -2.10. The number of carbonyl (C=O) groups is 2. The number of aliphatic hydroxyl groups is 1. The second-order valence-corrected chi connectivity index (χ2v) is 9.01. The summed E-state index contributed by atoms with van der Waals surface area (Å²) in [4.78, 5) is 26.3. The molecule has 0 saturated heterocycles. The predicted octanol–water partition coefficient (Wildman–Crippen LogP) is 6.20. The predicted molar refractivity (Wildman–Crippen MR) is 143 cm³/mol. The Morgan fingerprint density at radius 3 is 2.46 bits per heavy atom. The van der Waals surface area contributed by atoms with Gasteiger partial charge in [0.05, 0.1) is 28.3 Å². The molecule has 5 aromatic rings. The van der Waals surface area contributed by atoms with E-state index >= 15 is 0 Å². The largest absolute Gasteiger partial charge is 0.457 e. The molecule has 4 aromatic carbocycles. The van der Waals surface area contributed by atoms with E-state index in [1.807, 2.05) is 67.6 Å². The van der Waals surface area contributed by atoms with Crippen molar-refractivity contribution >= 4 is 34.4 Å². The molecule has 1 N–H and O–H groups in total. The minimum Gasteiger partial charge on any atom is -0.457 e. The molecule has 0 aliphatic heterocycles. The molecule has 1 aromatic heterocycles. The Balaban J connectivity index is 1.52. The molecular weight excluding hydrogens is 488 g/mol. The van der Waals surface area contributed by atoms with Crippen LogP contribution in [0.5, 0.6) is 0 Å². The van der Waals surface area contributed by atoms with E-state index < -0.39 is 5.97 Å². The van der Waals surface area contributed by atoms with Gasteiger partial charge in [-0.15, -0.1) is 0 Å². The smallest absolute Gasteiger partial charge is 0.338 e. The maximum atomic E-state index is 13.5. The monoisotopic (exact) mass is 510 g/mol. The average molecular weight is 511 g/mol. The summed E-state index contributed by atoms with van der Waals surface area (Å²) in [5.74, 6) is -0.867. The van der Waals surface area contributed by atoms with Crippen LogP contribution < -0.4 is 0 Å². The molecule has 0 aliphatic rings. The molecule has 0 fully saturated rings. The van der Waals surface area contributed by atoms with Crippen LogP contribution in [0.2, 0.25) is 5.02 Å². The summed E-state index contributed by atoms with van der Waals surface area (Å²) in [6.45, 7) is 1.60. The molecule has 7 heteroatoms. The van der Waals surface area contributed by atoms with Gasteiger partial charge in [-0.3, -0.25) is 4.79 Å². The number of para-hydroxylation sites is 1. The van der Waals surface area contributed by atoms with E-state index in [1.165, 1.54) is 4.68 Å². The summed E-state index contributed by atoms with van der Waals surface area (Å²) in [7, 11) is 0. The second-order valence-electron chi connectivity index (χ2n) is 8.61. The Bertz CT molecular complexity index is 1610. The van der Waals surface area contributed by atoms with Gasteiger partial charge in [0.25, 0.3) is 5.91 Å². The van der Waals surface area contributed by atoms with E-state index in [-0.39, 0.29) is 24.7 Å². The van der Waals surface area contributed by atoms with E-state index in [0.29, 0.717) is 32.9 Å². The van der Waals surface area contributed by atoms with Crippen LogP contribution in [0, 0.1) is 6.92 Å². The van der Waals surface area contributed by atoms with E-state index in [4.69, 9.17) is 16.3 Å². The van der Waals surface area contributed by atoms with Crippen LogP contribution in [0.4, 0.5) is 0 Å². The molecule has 0 atom stereocenters. The molecule has 5 rings (SSSR count). The maximum absolute atomic E-state index is 13.5. The number of hydrogen-bond donors (Lipinski definition) is 1. The number of aryl methyl sites for hydroxylation is 1. The third-order valence-electron chi connectivity index (χ3n) is 6.20. The fourth-order valence-electron chi connectivity index (χ4n) is 4.31. The zero-order valence-corrected chi connectivity index (χ0v) is 20.8. The molecule has 0 saturated carbocycles. The summed E-state index contributed by atoms with van der Waals surface area (Å²) >= 11 is 6.37. The number of esters is 1. The number of halogens is 1. The third-order valence-corrected chi connectivity index (χ3v) is 6.51. The van der Waals surface area contributed by atoms with Crippen molar-refractivity contribution in [2.45, 2.75) is 20.1 Å². The van der Waals surface area contributed by atoms with Crippen LogP contribution in [-0.4, -0.2) is 26.8 Å². The molecule has 1 heterocycles. The zero-order valence-electron chi connectivity index (χ0n) is 20.0. The van der Waals surface area contributed by atoms with Gasteiger partial charge in [0.2, 0.25) is 0 Å². The molecular formula is C30H23ClN2O4. The van der Waals surface area contributed by atoms with E-state index in [1.54, 1.807) is 30.3 Å². The standard InChI is InChI=1S/C30H23ClN2O4/c1-19-8-7-12-25(31)27(19)29(35)33-26-13-6-5-11-24(26)28(32-33)21-14-15-23(22(16-21)17-34)30(36)37-18-20-9-3-2-4-10-20/h2-16,34H,17-18H2,1H3. The highest BCUT2D eigenvalue weighted by atomic mass is 35.5. The van der Waals surface area contributed by atoms with Gasteiger partial charge < -0.3 is 9.84 Å². The first-order chi connectivity index (χ1) is 18.0. The molecule has 6 nitrogen and oxygen atoms in total. The summed E-state index contributed by atoms with van der Waals surface area (Å²) in [5, 5.41) is 15.8. The van der Waals surface area contributed by atoms with Gasteiger partial charge in [0.1, 0.15) is 12.3 Å². The number of ether oxygens (including phenoxy) is 1. The molecule has 37 heavy (non-hydrogen) atoms. The average Bonchev–Trinajstić information content (AvgIpc) is 3.31. The zero-order chi connectivity index (χ0) is 25.9. The van der Waals surface area contributed by atoms with Crippen LogP contribution >= 0.6 is 11.6 Å². The Hall–Kier alpha value is -4.26. The summed E-state index contributed by atoms with van der Waals surface area (Å²) in [6, 6.07) is 27.1. The van der Waals surface area contributed by atoms with Crippen molar-refractivity contribution in [2.75, 3.05) is 0 Å². The minimum atomic E-state index is -0.529. The van der Waals surface area contributed by atoms with Crippen LogP contribution in [0.25, 0.3) is 22.2 Å². The molecule has 0 aliphatic carbocycles. The van der Waals surface area contributed by atoms with Gasteiger partial charge in [0, 0.05) is 10.9 Å². The normalized spacial score (nSPS) is 11.0. The van der Waals surface area contributed by atoms with Crippen LogP contribution in [0.3, 0.4) is 0 Å². The van der Waals surface area contributed by atoms with Gasteiger partial charge in [-0.25, -0.2) is 4.79 Å². The highest BCUT2D eigenvalue weighted by Gasteiger charge is 2.22. The first kappa shape index (κ1) is 24.4. The van der Waals surface area contributed by atoms with Crippen molar-refractivity contribution in [2.24, 2.45) is 0 Å². The van der Waals surface area contributed by atoms with Crippen molar-refractivity contribution in [3.8, 4) is 11.3 Å². The lowest BCUT2D eigenvalue weighted by molar-refractivity contribution is 0.0469. The van der Waals surface area contributed by atoms with Gasteiger partial charge in [-0.1, -0.05) is 78.3 Å². The van der Waals surface area contributed by atoms with Gasteiger partial charge in [-0.2, -0.15) is 9.78 Å². The molecule has 0 amide bonds. The van der Waals surface area contributed by atoms with Crippen molar-refractivity contribution in [3.05, 3.63) is 124 Å². The summed E-state index contributed by atoms with van der Waals surface area (Å²) in [6.07, 6.45) is 0. The number of aliphatic hydroxyl groups excluding tert-OH is 1. The topological polar surface area (TPSA) is 81.4 Å². The highest BCUT2D eigenvalue weighted by Crippen LogP contribution is 2.31. The van der Waals surface area contributed by atoms with Crippen molar-refractivity contribution in [3.63, 3.8) is 0 Å². The maximum Gasteiger partial charge on any atom is 0.338 e.